The Morgan fingerprint density at radius 1 is 1.60 bits per heavy atom. The fourth-order valence-corrected chi connectivity index (χ4v) is 0.905. The maximum absolute atomic E-state index is 8.36. The van der Waals surface area contributed by atoms with Gasteiger partial charge in [-0.15, -0.1) is 0 Å². The number of carbonyl (C=O) groups is 1. The van der Waals surface area contributed by atoms with Crippen molar-refractivity contribution in [1.29, 1.82) is 0 Å². The minimum absolute atomic E-state index is 0.250. The molecular formula is C6H6NO2Zn. The third kappa shape index (κ3) is 5.38. The minimum atomic E-state index is -0.250. The van der Waals surface area contributed by atoms with E-state index >= 15 is 0 Å². The molecule has 1 heterocycles. The van der Waals surface area contributed by atoms with Gasteiger partial charge in [0.2, 0.25) is 0 Å². The van der Waals surface area contributed by atoms with E-state index in [9.17, 15) is 0 Å². The van der Waals surface area contributed by atoms with E-state index in [1.807, 2.05) is 24.4 Å². The van der Waals surface area contributed by atoms with Crippen LogP contribution in [0.5, 0.6) is 0 Å². The van der Waals surface area contributed by atoms with E-state index in [0.29, 0.717) is 0 Å². The summed E-state index contributed by atoms with van der Waals surface area (Å²) in [4.78, 5) is 12.4. The van der Waals surface area contributed by atoms with Crippen LogP contribution in [0.15, 0.2) is 24.4 Å². The Bertz CT molecular complexity index is 178. The van der Waals surface area contributed by atoms with Gasteiger partial charge in [0, 0.05) is 0 Å². The summed E-state index contributed by atoms with van der Waals surface area (Å²) in [6.45, 7) is -0.250. The molecule has 0 aliphatic rings. The first-order chi connectivity index (χ1) is 4.81. The summed E-state index contributed by atoms with van der Waals surface area (Å²) in [5, 5.41) is 6.89. The molecule has 0 fully saturated rings. The molecule has 1 rings (SSSR count). The quantitative estimate of drug-likeness (QED) is 0.460. The predicted octanol–water partition coefficient (Wildman–Crippen LogP) is -0.0455. The SMILES string of the molecule is O=CO.[Zn][c]1ccccn1. The van der Waals surface area contributed by atoms with Crippen LogP contribution in [0.2, 0.25) is 0 Å². The second kappa shape index (κ2) is 6.36. The van der Waals surface area contributed by atoms with E-state index in [0.717, 1.165) is 18.3 Å². The van der Waals surface area contributed by atoms with E-state index in [4.69, 9.17) is 9.90 Å². The van der Waals surface area contributed by atoms with Crippen LogP contribution in [-0.2, 0) is 23.1 Å². The zero-order valence-electron chi connectivity index (χ0n) is 5.40. The van der Waals surface area contributed by atoms with Crippen LogP contribution in [0.25, 0.3) is 0 Å². The van der Waals surface area contributed by atoms with Gasteiger partial charge in [0.1, 0.15) is 0 Å². The summed E-state index contributed by atoms with van der Waals surface area (Å²) in [6.07, 6.45) is 1.82. The van der Waals surface area contributed by atoms with E-state index in [1.165, 1.54) is 4.29 Å². The van der Waals surface area contributed by atoms with E-state index in [1.54, 1.807) is 0 Å². The van der Waals surface area contributed by atoms with Crippen LogP contribution in [0.3, 0.4) is 0 Å². The topological polar surface area (TPSA) is 50.2 Å². The van der Waals surface area contributed by atoms with Gasteiger partial charge in [-0.25, -0.2) is 0 Å². The molecule has 0 bridgehead atoms. The molecule has 0 saturated heterocycles. The number of pyridine rings is 1. The molecule has 0 saturated carbocycles. The average molecular weight is 190 g/mol. The van der Waals surface area contributed by atoms with Crippen molar-refractivity contribution in [3.8, 4) is 0 Å². The number of carboxylic acid groups (broad SMARTS) is 1. The van der Waals surface area contributed by atoms with Gasteiger partial charge in [0.15, 0.2) is 0 Å². The van der Waals surface area contributed by atoms with Crippen LogP contribution in [0.1, 0.15) is 0 Å². The van der Waals surface area contributed by atoms with Crippen LogP contribution in [0.4, 0.5) is 0 Å². The predicted molar refractivity (Wildman–Crippen MR) is 32.6 cm³/mol. The molecule has 1 N–H and O–H groups in total. The zero-order valence-corrected chi connectivity index (χ0v) is 8.36. The van der Waals surface area contributed by atoms with Crippen molar-refractivity contribution < 1.29 is 28.2 Å². The van der Waals surface area contributed by atoms with Gasteiger partial charge < -0.3 is 5.11 Å². The summed E-state index contributed by atoms with van der Waals surface area (Å²) in [7, 11) is 0. The summed E-state index contributed by atoms with van der Waals surface area (Å²) in [5.74, 6) is 0. The number of aromatic nitrogens is 1. The van der Waals surface area contributed by atoms with Crippen molar-refractivity contribution in [3.05, 3.63) is 24.4 Å². The fraction of sp³-hybridized carbons (Fsp3) is 0. The summed E-state index contributed by atoms with van der Waals surface area (Å²) in [5.41, 5.74) is 0. The van der Waals surface area contributed by atoms with Crippen LogP contribution < -0.4 is 4.29 Å². The number of hydrogen-bond acceptors (Lipinski definition) is 2. The fourth-order valence-electron chi connectivity index (χ4n) is 0.398. The van der Waals surface area contributed by atoms with Crippen LogP contribution in [0, 0.1) is 0 Å². The zero-order chi connectivity index (χ0) is 7.82. The first kappa shape index (κ1) is 9.24. The van der Waals surface area contributed by atoms with Crippen LogP contribution >= 0.6 is 0 Å². The first-order valence-corrected chi connectivity index (χ1v) is 4.10. The Morgan fingerprint density at radius 2 is 2.20 bits per heavy atom. The first-order valence-electron chi connectivity index (χ1n) is 2.62. The van der Waals surface area contributed by atoms with Gasteiger partial charge in [0.05, 0.1) is 0 Å². The molecule has 3 nitrogen and oxygen atoms in total. The number of nitrogens with zero attached hydrogens (tertiary/aromatic N) is 1. The maximum atomic E-state index is 8.36. The van der Waals surface area contributed by atoms with E-state index in [2.05, 4.69) is 4.98 Å². The Kier molecular flexibility index (Phi) is 5.88. The van der Waals surface area contributed by atoms with Gasteiger partial charge in [-0.2, -0.15) is 0 Å². The standard InChI is InChI=1S/C5H4N.CH2O2.Zn/c1-2-4-6-5-3-1;2-1-3;/h1-4H;1H,(H,2,3);. The molecule has 10 heavy (non-hydrogen) atoms. The van der Waals surface area contributed by atoms with Crippen molar-refractivity contribution in [1.82, 2.24) is 4.98 Å². The normalized spacial score (nSPS) is 7.40. The Hall–Kier alpha value is -0.757. The molecule has 0 aliphatic carbocycles. The van der Waals surface area contributed by atoms with Gasteiger partial charge in [-0.3, -0.25) is 4.79 Å². The Labute approximate surface area is 68.8 Å². The molecule has 0 unspecified atom stereocenters. The van der Waals surface area contributed by atoms with Gasteiger partial charge in [0.25, 0.3) is 6.47 Å². The van der Waals surface area contributed by atoms with E-state index < -0.39 is 0 Å². The molecule has 0 spiro atoms. The third-order valence-electron chi connectivity index (χ3n) is 0.726. The number of hydrogen-bond donors (Lipinski definition) is 1. The van der Waals surface area contributed by atoms with Crippen molar-refractivity contribution >= 4 is 10.8 Å². The molecule has 1 aromatic heterocycles. The van der Waals surface area contributed by atoms with Crippen molar-refractivity contribution in [2.75, 3.05) is 0 Å². The molecule has 4 heteroatoms. The van der Waals surface area contributed by atoms with Gasteiger partial charge in [-0.05, 0) is 0 Å². The molecule has 0 amide bonds. The Balaban J connectivity index is 0.000000236. The molecule has 0 aromatic carbocycles. The summed E-state index contributed by atoms with van der Waals surface area (Å²) < 4.78 is 1.20. The summed E-state index contributed by atoms with van der Waals surface area (Å²) >= 11 is 1.15. The molecule has 0 atom stereocenters. The van der Waals surface area contributed by atoms with Crippen molar-refractivity contribution in [2.24, 2.45) is 0 Å². The van der Waals surface area contributed by atoms with Gasteiger partial charge >= 0.3 is 52.0 Å². The monoisotopic (exact) mass is 188 g/mol. The third-order valence-corrected chi connectivity index (χ3v) is 1.60. The summed E-state index contributed by atoms with van der Waals surface area (Å²) in [6, 6.07) is 5.96. The van der Waals surface area contributed by atoms with Crippen molar-refractivity contribution in [3.63, 3.8) is 0 Å². The molecule has 49 valence electrons. The molecular weight excluding hydrogens is 183 g/mol. The second-order valence-electron chi connectivity index (χ2n) is 1.43. The molecule has 0 radical (unpaired) electrons. The molecule has 0 aliphatic heterocycles. The van der Waals surface area contributed by atoms with Gasteiger partial charge in [-0.1, -0.05) is 0 Å². The second-order valence-corrected chi connectivity index (χ2v) is 2.95. The Morgan fingerprint density at radius 3 is 2.40 bits per heavy atom. The van der Waals surface area contributed by atoms with Crippen LogP contribution in [-0.4, -0.2) is 16.6 Å². The number of rotatable bonds is 0. The molecule has 1 aromatic rings. The van der Waals surface area contributed by atoms with E-state index in [-0.39, 0.29) is 6.47 Å². The van der Waals surface area contributed by atoms with Crippen molar-refractivity contribution in [2.45, 2.75) is 0 Å². The average Bonchev–Trinajstić information content (AvgIpc) is 1.91.